The largest absolute Gasteiger partial charge is 0.481 e. The molecule has 36 heavy (non-hydrogen) atoms. The van der Waals surface area contributed by atoms with Gasteiger partial charge in [-0.25, -0.2) is 21.6 Å². The van der Waals surface area contributed by atoms with Crippen LogP contribution < -0.4 is 5.32 Å². The summed E-state index contributed by atoms with van der Waals surface area (Å²) in [5, 5.41) is 22.4. The van der Waals surface area contributed by atoms with Crippen molar-refractivity contribution in [2.24, 2.45) is 0 Å². The van der Waals surface area contributed by atoms with Gasteiger partial charge in [0.05, 0.1) is 11.0 Å². The van der Waals surface area contributed by atoms with Crippen LogP contribution in [0, 0.1) is 17.5 Å². The average molecular weight is 531 g/mol. The molecular formula is C25H33F3N2O5S. The standard InChI is InChI=1S/C25H33F3N2O5S/c1-25(2,11-5-6-21-22(27)7-4-8-23(21)28)29-15-19(31)16-30(3)36(34,35)20-13-17(9-10-24(32)33)12-18(26)14-20/h4,7-8,12-14,19,29,31H,5-6,9-11,15-16H2,1-3H3,(H,32,33). The molecule has 0 amide bonds. The van der Waals surface area contributed by atoms with E-state index in [1.54, 1.807) is 0 Å². The number of hydrogen-bond donors (Lipinski definition) is 3. The Labute approximate surface area is 210 Å². The Balaban J connectivity index is 1.91. The van der Waals surface area contributed by atoms with E-state index in [1.165, 1.54) is 31.3 Å². The van der Waals surface area contributed by atoms with E-state index in [9.17, 15) is 31.5 Å². The number of aliphatic hydroxyl groups excluding tert-OH is 1. The number of nitrogens with one attached hydrogen (secondary N) is 1. The predicted octanol–water partition coefficient (Wildman–Crippen LogP) is 3.49. The van der Waals surface area contributed by atoms with Gasteiger partial charge < -0.3 is 15.5 Å². The second-order valence-electron chi connectivity index (χ2n) is 9.45. The molecule has 7 nitrogen and oxygen atoms in total. The Hall–Kier alpha value is -2.47. The molecule has 2 aromatic rings. The van der Waals surface area contributed by atoms with Crippen LogP contribution in [0.2, 0.25) is 0 Å². The number of benzene rings is 2. The lowest BCUT2D eigenvalue weighted by Gasteiger charge is -2.29. The fourth-order valence-corrected chi connectivity index (χ4v) is 5.06. The second-order valence-corrected chi connectivity index (χ2v) is 11.5. The summed E-state index contributed by atoms with van der Waals surface area (Å²) in [6, 6.07) is 6.90. The highest BCUT2D eigenvalue weighted by Crippen LogP contribution is 2.21. The maximum Gasteiger partial charge on any atom is 0.303 e. The molecule has 11 heteroatoms. The van der Waals surface area contributed by atoms with Crippen LogP contribution in [0.4, 0.5) is 13.2 Å². The summed E-state index contributed by atoms with van der Waals surface area (Å²) in [5.41, 5.74) is -0.228. The maximum absolute atomic E-state index is 14.0. The molecule has 3 N–H and O–H groups in total. The number of aliphatic carboxylic acids is 1. The molecule has 2 rings (SSSR count). The van der Waals surface area contributed by atoms with Crippen LogP contribution in [0.25, 0.3) is 0 Å². The molecule has 0 aromatic heterocycles. The molecule has 0 fully saturated rings. The number of aliphatic hydroxyl groups is 1. The van der Waals surface area contributed by atoms with Crippen LogP contribution in [0.15, 0.2) is 41.3 Å². The van der Waals surface area contributed by atoms with E-state index < -0.39 is 45.1 Å². The van der Waals surface area contributed by atoms with Crippen molar-refractivity contribution in [2.75, 3.05) is 20.1 Å². The van der Waals surface area contributed by atoms with Gasteiger partial charge >= 0.3 is 5.97 Å². The highest BCUT2D eigenvalue weighted by atomic mass is 32.2. The van der Waals surface area contributed by atoms with Crippen molar-refractivity contribution in [3.8, 4) is 0 Å². The topological polar surface area (TPSA) is 107 Å². The van der Waals surface area contributed by atoms with Gasteiger partial charge in [-0.3, -0.25) is 4.79 Å². The number of carboxylic acids is 1. The quantitative estimate of drug-likeness (QED) is 0.345. The maximum atomic E-state index is 14.0. The predicted molar refractivity (Wildman–Crippen MR) is 130 cm³/mol. The number of hydrogen-bond acceptors (Lipinski definition) is 5. The van der Waals surface area contributed by atoms with Crippen LogP contribution in [-0.2, 0) is 27.7 Å². The van der Waals surface area contributed by atoms with E-state index >= 15 is 0 Å². The third kappa shape index (κ3) is 8.88. The van der Waals surface area contributed by atoms with Gasteiger partial charge in [-0.05, 0) is 75.4 Å². The highest BCUT2D eigenvalue weighted by molar-refractivity contribution is 7.89. The van der Waals surface area contributed by atoms with E-state index in [4.69, 9.17) is 5.11 Å². The number of aryl methyl sites for hydroxylation is 1. The molecule has 1 unspecified atom stereocenters. The fraction of sp³-hybridized carbons (Fsp3) is 0.480. The number of sulfonamides is 1. The van der Waals surface area contributed by atoms with Crippen molar-refractivity contribution in [3.05, 3.63) is 65.0 Å². The van der Waals surface area contributed by atoms with Gasteiger partial charge in [0, 0.05) is 37.7 Å². The van der Waals surface area contributed by atoms with E-state index in [0.717, 1.165) is 16.4 Å². The number of rotatable bonds is 14. The van der Waals surface area contributed by atoms with Crippen molar-refractivity contribution in [2.45, 2.75) is 62.5 Å². The smallest absolute Gasteiger partial charge is 0.303 e. The van der Waals surface area contributed by atoms with E-state index in [2.05, 4.69) is 5.32 Å². The van der Waals surface area contributed by atoms with Gasteiger partial charge in [0.1, 0.15) is 17.5 Å². The number of nitrogens with zero attached hydrogens (tertiary/aromatic N) is 1. The first-order chi connectivity index (χ1) is 16.7. The van der Waals surface area contributed by atoms with Crippen LogP contribution >= 0.6 is 0 Å². The first kappa shape index (κ1) is 29.8. The van der Waals surface area contributed by atoms with Crippen molar-refractivity contribution in [3.63, 3.8) is 0 Å². The molecule has 0 spiro atoms. The van der Waals surface area contributed by atoms with Crippen LogP contribution in [0.3, 0.4) is 0 Å². The van der Waals surface area contributed by atoms with E-state index in [-0.39, 0.29) is 48.4 Å². The molecule has 0 saturated carbocycles. The Morgan fingerprint density at radius 1 is 1.11 bits per heavy atom. The Morgan fingerprint density at radius 2 is 1.75 bits per heavy atom. The Morgan fingerprint density at radius 3 is 2.36 bits per heavy atom. The number of carboxylic acid groups (broad SMARTS) is 1. The lowest BCUT2D eigenvalue weighted by Crippen LogP contribution is -2.46. The van der Waals surface area contributed by atoms with Crippen LogP contribution in [0.1, 0.15) is 44.2 Å². The van der Waals surface area contributed by atoms with Gasteiger partial charge in [-0.1, -0.05) is 6.07 Å². The molecule has 1 atom stereocenters. The summed E-state index contributed by atoms with van der Waals surface area (Å²) >= 11 is 0. The van der Waals surface area contributed by atoms with Crippen LogP contribution in [0.5, 0.6) is 0 Å². The summed E-state index contributed by atoms with van der Waals surface area (Å²) < 4.78 is 68.3. The summed E-state index contributed by atoms with van der Waals surface area (Å²) in [7, 11) is -2.88. The lowest BCUT2D eigenvalue weighted by atomic mass is 9.95. The van der Waals surface area contributed by atoms with Crippen molar-refractivity contribution < 1.29 is 36.6 Å². The second kappa shape index (κ2) is 12.7. The SMILES string of the molecule is CN(CC(O)CNC(C)(C)CCCc1c(F)cccc1F)S(=O)(=O)c1cc(F)cc(CCC(=O)O)c1. The van der Waals surface area contributed by atoms with Gasteiger partial charge in [0.2, 0.25) is 10.0 Å². The third-order valence-corrected chi connectivity index (χ3v) is 7.64. The van der Waals surface area contributed by atoms with Gasteiger partial charge in [0.15, 0.2) is 0 Å². The minimum Gasteiger partial charge on any atom is -0.481 e. The molecule has 0 saturated heterocycles. The summed E-state index contributed by atoms with van der Waals surface area (Å²) in [5.74, 6) is -3.07. The molecular weight excluding hydrogens is 497 g/mol. The first-order valence-corrected chi connectivity index (χ1v) is 13.0. The van der Waals surface area contributed by atoms with Crippen molar-refractivity contribution in [1.29, 1.82) is 0 Å². The molecule has 0 radical (unpaired) electrons. The minimum absolute atomic E-state index is 0.0233. The molecule has 0 bridgehead atoms. The first-order valence-electron chi connectivity index (χ1n) is 11.5. The number of halogens is 3. The number of β-amino-alcohol motifs (C(OH)–C–C–N with tert-alkyl or cyclic N) is 1. The van der Waals surface area contributed by atoms with Gasteiger partial charge in [0.25, 0.3) is 0 Å². The molecule has 200 valence electrons. The third-order valence-electron chi connectivity index (χ3n) is 5.84. The molecule has 2 aromatic carbocycles. The fourth-order valence-electron chi connectivity index (χ4n) is 3.77. The number of carbonyl (C=O) groups is 1. The average Bonchev–Trinajstić information content (AvgIpc) is 2.78. The Bertz CT molecular complexity index is 1140. The van der Waals surface area contributed by atoms with E-state index in [1.807, 2.05) is 13.8 Å². The molecule has 0 heterocycles. The minimum atomic E-state index is -4.14. The lowest BCUT2D eigenvalue weighted by molar-refractivity contribution is -0.136. The molecule has 0 aliphatic carbocycles. The van der Waals surface area contributed by atoms with Crippen molar-refractivity contribution >= 4 is 16.0 Å². The Kier molecular flexibility index (Phi) is 10.5. The molecule has 0 aliphatic heterocycles. The highest BCUT2D eigenvalue weighted by Gasteiger charge is 2.26. The monoisotopic (exact) mass is 530 g/mol. The van der Waals surface area contributed by atoms with E-state index in [0.29, 0.717) is 12.8 Å². The summed E-state index contributed by atoms with van der Waals surface area (Å²) in [6.07, 6.45) is -0.127. The molecule has 0 aliphatic rings. The number of likely N-dealkylation sites (N-methyl/N-ethyl adjacent to an activating group) is 1. The summed E-state index contributed by atoms with van der Waals surface area (Å²) in [4.78, 5) is 10.4. The summed E-state index contributed by atoms with van der Waals surface area (Å²) in [6.45, 7) is 3.51. The zero-order valence-electron chi connectivity index (χ0n) is 20.6. The zero-order chi connectivity index (χ0) is 27.1. The van der Waals surface area contributed by atoms with Gasteiger partial charge in [-0.15, -0.1) is 0 Å². The van der Waals surface area contributed by atoms with Crippen molar-refractivity contribution in [1.82, 2.24) is 9.62 Å². The normalized spacial score (nSPS) is 13.2. The van der Waals surface area contributed by atoms with Crippen LogP contribution in [-0.4, -0.2) is 60.7 Å². The van der Waals surface area contributed by atoms with Gasteiger partial charge in [-0.2, -0.15) is 4.31 Å². The zero-order valence-corrected chi connectivity index (χ0v) is 21.4.